The van der Waals surface area contributed by atoms with Gasteiger partial charge in [0.1, 0.15) is 23.3 Å². The number of nitrogens with one attached hydrogen (secondary N) is 1. The lowest BCUT2D eigenvalue weighted by atomic mass is 10.2. The molecule has 4 rings (SSSR count). The van der Waals surface area contributed by atoms with Gasteiger partial charge in [-0.05, 0) is 55.0 Å². The smallest absolute Gasteiger partial charge is 0.243 e. The second-order valence-corrected chi connectivity index (χ2v) is 6.52. The third-order valence-corrected chi connectivity index (χ3v) is 4.63. The summed E-state index contributed by atoms with van der Waals surface area (Å²) < 4.78 is 11.0. The Morgan fingerprint density at radius 2 is 1.79 bits per heavy atom. The molecule has 1 N–H and O–H groups in total. The fourth-order valence-corrected chi connectivity index (χ4v) is 3.26. The van der Waals surface area contributed by atoms with Gasteiger partial charge in [-0.15, -0.1) is 0 Å². The van der Waals surface area contributed by atoms with Crippen LogP contribution in [0.4, 0.5) is 5.69 Å². The molecule has 0 spiro atoms. The zero-order valence-electron chi connectivity index (χ0n) is 15.2. The van der Waals surface area contributed by atoms with Crippen molar-refractivity contribution < 1.29 is 18.7 Å². The first-order chi connectivity index (χ1) is 13.7. The number of benzene rings is 2. The van der Waals surface area contributed by atoms with Gasteiger partial charge in [0.2, 0.25) is 11.8 Å². The van der Waals surface area contributed by atoms with Crippen molar-refractivity contribution in [2.75, 3.05) is 4.90 Å². The molecule has 1 aliphatic heterocycles. The van der Waals surface area contributed by atoms with Gasteiger partial charge in [-0.3, -0.25) is 14.5 Å². The third-order valence-electron chi connectivity index (χ3n) is 4.63. The first-order valence-corrected chi connectivity index (χ1v) is 9.16. The van der Waals surface area contributed by atoms with E-state index < -0.39 is 6.04 Å². The molecule has 0 aliphatic carbocycles. The number of nitrogens with zero attached hydrogens (tertiary/aromatic N) is 1. The van der Waals surface area contributed by atoms with E-state index in [1.54, 1.807) is 47.6 Å². The van der Waals surface area contributed by atoms with E-state index in [1.807, 2.05) is 30.3 Å². The number of rotatable bonds is 6. The molecule has 6 nitrogen and oxygen atoms in total. The molecule has 1 atom stereocenters. The van der Waals surface area contributed by atoms with Gasteiger partial charge >= 0.3 is 0 Å². The molecule has 142 valence electrons. The van der Waals surface area contributed by atoms with Gasteiger partial charge in [0, 0.05) is 12.1 Å². The highest BCUT2D eigenvalue weighted by Crippen LogP contribution is 2.30. The molecule has 1 aliphatic rings. The van der Waals surface area contributed by atoms with E-state index in [2.05, 4.69) is 5.32 Å². The summed E-state index contributed by atoms with van der Waals surface area (Å²) in [4.78, 5) is 26.6. The van der Waals surface area contributed by atoms with Crippen LogP contribution in [0, 0.1) is 0 Å². The number of ether oxygens (including phenoxy) is 1. The summed E-state index contributed by atoms with van der Waals surface area (Å²) in [6.45, 7) is 0.300. The normalized spacial score (nSPS) is 16.2. The number of hydrogen-bond acceptors (Lipinski definition) is 4. The second kappa shape index (κ2) is 8.00. The first kappa shape index (κ1) is 17.9. The first-order valence-electron chi connectivity index (χ1n) is 9.16. The summed E-state index contributed by atoms with van der Waals surface area (Å²) in [6, 6.07) is 19.7. The summed E-state index contributed by atoms with van der Waals surface area (Å²) in [5, 5.41) is 2.84. The molecule has 1 fully saturated rings. The van der Waals surface area contributed by atoms with Crippen molar-refractivity contribution in [1.82, 2.24) is 5.32 Å². The van der Waals surface area contributed by atoms with Crippen LogP contribution in [-0.2, 0) is 16.1 Å². The number of carbonyl (C=O) groups excluding carboxylic acids is 2. The van der Waals surface area contributed by atoms with E-state index in [-0.39, 0.29) is 11.8 Å². The van der Waals surface area contributed by atoms with Gasteiger partial charge in [0.05, 0.1) is 12.8 Å². The molecule has 6 heteroatoms. The van der Waals surface area contributed by atoms with Crippen molar-refractivity contribution in [1.29, 1.82) is 0 Å². The summed E-state index contributed by atoms with van der Waals surface area (Å²) >= 11 is 0. The van der Waals surface area contributed by atoms with Gasteiger partial charge in [0.25, 0.3) is 0 Å². The summed E-state index contributed by atoms with van der Waals surface area (Å²) in [5.41, 5.74) is 0.682. The van der Waals surface area contributed by atoms with Gasteiger partial charge < -0.3 is 14.5 Å². The molecule has 3 aromatic rings. The number of furan rings is 1. The van der Waals surface area contributed by atoms with Crippen molar-refractivity contribution in [3.63, 3.8) is 0 Å². The van der Waals surface area contributed by atoms with Crippen LogP contribution >= 0.6 is 0 Å². The molecule has 2 aromatic carbocycles. The lowest BCUT2D eigenvalue weighted by Crippen LogP contribution is -2.44. The summed E-state index contributed by atoms with van der Waals surface area (Å²) in [6.07, 6.45) is 2.40. The van der Waals surface area contributed by atoms with Crippen molar-refractivity contribution >= 4 is 17.5 Å². The minimum absolute atomic E-state index is 0.0603. The van der Waals surface area contributed by atoms with Crippen LogP contribution in [0.2, 0.25) is 0 Å². The third kappa shape index (κ3) is 3.91. The summed E-state index contributed by atoms with van der Waals surface area (Å²) in [5.74, 6) is 1.83. The lowest BCUT2D eigenvalue weighted by Gasteiger charge is -2.24. The van der Waals surface area contributed by atoms with Crippen molar-refractivity contribution in [2.24, 2.45) is 0 Å². The van der Waals surface area contributed by atoms with Gasteiger partial charge in [-0.25, -0.2) is 0 Å². The molecule has 0 radical (unpaired) electrons. The number of hydrogen-bond donors (Lipinski definition) is 1. The highest BCUT2D eigenvalue weighted by molar-refractivity contribution is 6.03. The number of anilines is 1. The Morgan fingerprint density at radius 3 is 2.50 bits per heavy atom. The minimum atomic E-state index is -0.525. The summed E-state index contributed by atoms with van der Waals surface area (Å²) in [7, 11) is 0. The Hall–Kier alpha value is -3.54. The standard InChI is InChI=1S/C22H20N2O4/c25-21-13-12-20(22(26)23-15-19-7-4-14-27-19)24(21)16-8-10-18(11-9-16)28-17-5-2-1-3-6-17/h1-11,14,20H,12-13,15H2,(H,23,26). The van der Waals surface area contributed by atoms with Gasteiger partial charge in [0.15, 0.2) is 0 Å². The Balaban J connectivity index is 1.45. The van der Waals surface area contributed by atoms with E-state index in [0.29, 0.717) is 36.6 Å². The molecule has 0 bridgehead atoms. The zero-order valence-corrected chi connectivity index (χ0v) is 15.2. The fraction of sp³-hybridized carbons (Fsp3) is 0.182. The van der Waals surface area contributed by atoms with Gasteiger partial charge in [-0.2, -0.15) is 0 Å². The van der Waals surface area contributed by atoms with Crippen molar-refractivity contribution in [3.8, 4) is 11.5 Å². The average Bonchev–Trinajstić information content (AvgIpc) is 3.37. The minimum Gasteiger partial charge on any atom is -0.467 e. The van der Waals surface area contributed by atoms with Crippen LogP contribution in [-0.4, -0.2) is 17.9 Å². The highest BCUT2D eigenvalue weighted by atomic mass is 16.5. The Labute approximate surface area is 162 Å². The van der Waals surface area contributed by atoms with Crippen LogP contribution in [0.5, 0.6) is 11.5 Å². The van der Waals surface area contributed by atoms with E-state index in [9.17, 15) is 9.59 Å². The maximum atomic E-state index is 12.6. The fourth-order valence-electron chi connectivity index (χ4n) is 3.26. The van der Waals surface area contributed by atoms with Crippen molar-refractivity contribution in [3.05, 3.63) is 78.8 Å². The average molecular weight is 376 g/mol. The molecular weight excluding hydrogens is 356 g/mol. The van der Waals surface area contributed by atoms with Crippen LogP contribution in [0.3, 0.4) is 0 Å². The topological polar surface area (TPSA) is 71.8 Å². The molecule has 28 heavy (non-hydrogen) atoms. The van der Waals surface area contributed by atoms with Crippen LogP contribution in [0.1, 0.15) is 18.6 Å². The predicted octanol–water partition coefficient (Wildman–Crippen LogP) is 3.88. The van der Waals surface area contributed by atoms with E-state index in [4.69, 9.17) is 9.15 Å². The Morgan fingerprint density at radius 1 is 1.04 bits per heavy atom. The van der Waals surface area contributed by atoms with E-state index in [0.717, 1.165) is 5.75 Å². The van der Waals surface area contributed by atoms with Crippen LogP contribution < -0.4 is 15.0 Å². The highest BCUT2D eigenvalue weighted by Gasteiger charge is 2.37. The predicted molar refractivity (Wildman–Crippen MR) is 104 cm³/mol. The molecule has 2 amide bonds. The Kier molecular flexibility index (Phi) is 5.10. The number of carbonyl (C=O) groups is 2. The molecule has 1 saturated heterocycles. The monoisotopic (exact) mass is 376 g/mol. The van der Waals surface area contributed by atoms with E-state index in [1.165, 1.54) is 0 Å². The maximum absolute atomic E-state index is 12.6. The number of para-hydroxylation sites is 1. The molecule has 1 unspecified atom stereocenters. The Bertz CT molecular complexity index is 936. The second-order valence-electron chi connectivity index (χ2n) is 6.52. The van der Waals surface area contributed by atoms with E-state index >= 15 is 0 Å². The molecular formula is C22H20N2O4. The quantitative estimate of drug-likeness (QED) is 0.709. The SMILES string of the molecule is O=C(NCc1ccco1)C1CCC(=O)N1c1ccc(Oc2ccccc2)cc1. The zero-order chi connectivity index (χ0) is 19.3. The lowest BCUT2D eigenvalue weighted by molar-refractivity contribution is -0.124. The molecule has 0 saturated carbocycles. The van der Waals surface area contributed by atoms with Gasteiger partial charge in [-0.1, -0.05) is 18.2 Å². The number of amides is 2. The molecule has 2 heterocycles. The largest absolute Gasteiger partial charge is 0.467 e. The van der Waals surface area contributed by atoms with Crippen LogP contribution in [0.15, 0.2) is 77.4 Å². The maximum Gasteiger partial charge on any atom is 0.243 e. The van der Waals surface area contributed by atoms with Crippen molar-refractivity contribution in [2.45, 2.75) is 25.4 Å². The van der Waals surface area contributed by atoms with Crippen LogP contribution in [0.25, 0.3) is 0 Å². The molecule has 1 aromatic heterocycles.